The Kier molecular flexibility index (Phi) is 4.32. The molecule has 0 amide bonds. The van der Waals surface area contributed by atoms with Gasteiger partial charge in [0, 0.05) is 17.1 Å². The maximum absolute atomic E-state index is 6.27. The highest BCUT2D eigenvalue weighted by molar-refractivity contribution is 6.31. The lowest BCUT2D eigenvalue weighted by atomic mass is 9.74. The van der Waals surface area contributed by atoms with Gasteiger partial charge in [0.05, 0.1) is 0 Å². The van der Waals surface area contributed by atoms with Gasteiger partial charge in [0.15, 0.2) is 0 Å². The molecule has 1 saturated carbocycles. The Labute approximate surface area is 132 Å². The van der Waals surface area contributed by atoms with Crippen LogP contribution < -0.4 is 5.32 Å². The molecule has 1 aliphatic carbocycles. The van der Waals surface area contributed by atoms with Crippen LogP contribution in [0.15, 0.2) is 48.5 Å². The summed E-state index contributed by atoms with van der Waals surface area (Å²) in [6, 6.07) is 17.8. The van der Waals surface area contributed by atoms with E-state index in [9.17, 15) is 0 Å². The van der Waals surface area contributed by atoms with Crippen molar-refractivity contribution in [2.75, 3.05) is 0 Å². The molecule has 2 aromatic carbocycles. The van der Waals surface area contributed by atoms with Crippen molar-refractivity contribution in [3.05, 3.63) is 70.2 Å². The van der Waals surface area contributed by atoms with Crippen molar-refractivity contribution in [2.24, 2.45) is 0 Å². The maximum atomic E-state index is 6.27. The Bertz CT molecular complexity index is 616. The van der Waals surface area contributed by atoms with Crippen LogP contribution in [0.25, 0.3) is 0 Å². The van der Waals surface area contributed by atoms with E-state index in [1.54, 1.807) is 0 Å². The Morgan fingerprint density at radius 1 is 1.05 bits per heavy atom. The van der Waals surface area contributed by atoms with Crippen LogP contribution in [0.4, 0.5) is 0 Å². The van der Waals surface area contributed by atoms with Gasteiger partial charge in [-0.15, -0.1) is 0 Å². The summed E-state index contributed by atoms with van der Waals surface area (Å²) in [6.45, 7) is 4.41. The molecule has 0 saturated heterocycles. The molecule has 0 bridgehead atoms. The smallest absolute Gasteiger partial charge is 0.0453 e. The molecule has 0 aromatic heterocycles. The van der Waals surface area contributed by atoms with Crippen molar-refractivity contribution in [3.8, 4) is 0 Å². The zero-order valence-corrected chi connectivity index (χ0v) is 13.4. The standard InChI is InChI=1S/C19H22ClN/c1-13-7-3-4-8-17(13)15-11-16(12-15)21-14(2)18-9-5-6-10-19(18)20/h3-10,14-16,21H,11-12H2,1-2H3. The van der Waals surface area contributed by atoms with Crippen LogP contribution >= 0.6 is 11.6 Å². The van der Waals surface area contributed by atoms with E-state index in [-0.39, 0.29) is 0 Å². The lowest BCUT2D eigenvalue weighted by Gasteiger charge is -2.39. The quantitative estimate of drug-likeness (QED) is 0.813. The third-order valence-corrected chi connectivity index (χ3v) is 4.97. The second-order valence-corrected chi connectivity index (χ2v) is 6.54. The number of hydrogen-bond acceptors (Lipinski definition) is 1. The topological polar surface area (TPSA) is 12.0 Å². The number of hydrogen-bond donors (Lipinski definition) is 1. The van der Waals surface area contributed by atoms with Crippen LogP contribution in [0, 0.1) is 6.92 Å². The number of aryl methyl sites for hydroxylation is 1. The third kappa shape index (κ3) is 3.14. The number of nitrogens with one attached hydrogen (secondary N) is 1. The summed E-state index contributed by atoms with van der Waals surface area (Å²) in [5.74, 6) is 0.710. The first-order valence-electron chi connectivity index (χ1n) is 7.71. The molecule has 0 radical (unpaired) electrons. The Morgan fingerprint density at radius 3 is 2.43 bits per heavy atom. The predicted molar refractivity (Wildman–Crippen MR) is 89.9 cm³/mol. The second kappa shape index (κ2) is 6.21. The summed E-state index contributed by atoms with van der Waals surface area (Å²) in [5, 5.41) is 4.56. The van der Waals surface area contributed by atoms with E-state index in [0.29, 0.717) is 18.0 Å². The van der Waals surface area contributed by atoms with Crippen LogP contribution in [-0.2, 0) is 0 Å². The van der Waals surface area contributed by atoms with Gasteiger partial charge in [0.1, 0.15) is 0 Å². The Balaban J connectivity index is 1.58. The van der Waals surface area contributed by atoms with E-state index in [4.69, 9.17) is 11.6 Å². The molecule has 110 valence electrons. The normalized spacial score (nSPS) is 22.6. The largest absolute Gasteiger partial charge is 0.307 e. The molecule has 0 aliphatic heterocycles. The Hall–Kier alpha value is -1.31. The molecule has 1 unspecified atom stereocenters. The van der Waals surface area contributed by atoms with E-state index in [0.717, 1.165) is 5.02 Å². The molecule has 1 nitrogen and oxygen atoms in total. The van der Waals surface area contributed by atoms with Crippen molar-refractivity contribution >= 4 is 11.6 Å². The van der Waals surface area contributed by atoms with Crippen LogP contribution in [-0.4, -0.2) is 6.04 Å². The zero-order chi connectivity index (χ0) is 14.8. The summed E-state index contributed by atoms with van der Waals surface area (Å²) in [6.07, 6.45) is 2.44. The lowest BCUT2D eigenvalue weighted by molar-refractivity contribution is 0.270. The van der Waals surface area contributed by atoms with Crippen LogP contribution in [0.5, 0.6) is 0 Å². The van der Waals surface area contributed by atoms with E-state index in [1.165, 1.54) is 29.5 Å². The molecule has 1 atom stereocenters. The van der Waals surface area contributed by atoms with Gasteiger partial charge in [-0.1, -0.05) is 54.1 Å². The highest BCUT2D eigenvalue weighted by atomic mass is 35.5. The summed E-state index contributed by atoms with van der Waals surface area (Å²) in [5.41, 5.74) is 4.12. The zero-order valence-electron chi connectivity index (χ0n) is 12.6. The molecular formula is C19H22ClN. The molecule has 1 N–H and O–H groups in total. The molecule has 1 fully saturated rings. The molecule has 0 heterocycles. The van der Waals surface area contributed by atoms with Gasteiger partial charge in [-0.3, -0.25) is 0 Å². The lowest BCUT2D eigenvalue weighted by Crippen LogP contribution is -2.41. The highest BCUT2D eigenvalue weighted by Crippen LogP contribution is 2.39. The predicted octanol–water partition coefficient (Wildman–Crippen LogP) is 5.25. The van der Waals surface area contributed by atoms with Crippen molar-refractivity contribution in [1.29, 1.82) is 0 Å². The number of rotatable bonds is 4. The highest BCUT2D eigenvalue weighted by Gasteiger charge is 2.31. The fourth-order valence-corrected chi connectivity index (χ4v) is 3.62. The van der Waals surface area contributed by atoms with Crippen LogP contribution in [0.3, 0.4) is 0 Å². The third-order valence-electron chi connectivity index (χ3n) is 4.62. The van der Waals surface area contributed by atoms with Gasteiger partial charge < -0.3 is 5.32 Å². The monoisotopic (exact) mass is 299 g/mol. The van der Waals surface area contributed by atoms with Crippen molar-refractivity contribution < 1.29 is 0 Å². The first-order valence-corrected chi connectivity index (χ1v) is 8.09. The Morgan fingerprint density at radius 2 is 1.71 bits per heavy atom. The number of benzene rings is 2. The molecule has 2 heteroatoms. The van der Waals surface area contributed by atoms with Gasteiger partial charge >= 0.3 is 0 Å². The van der Waals surface area contributed by atoms with Gasteiger partial charge in [-0.25, -0.2) is 0 Å². The summed E-state index contributed by atoms with van der Waals surface area (Å²) in [7, 11) is 0. The average molecular weight is 300 g/mol. The summed E-state index contributed by atoms with van der Waals surface area (Å²) >= 11 is 6.27. The second-order valence-electron chi connectivity index (χ2n) is 6.13. The summed E-state index contributed by atoms with van der Waals surface area (Å²) < 4.78 is 0. The van der Waals surface area contributed by atoms with E-state index < -0.39 is 0 Å². The SMILES string of the molecule is Cc1ccccc1C1CC(NC(C)c2ccccc2Cl)C1. The van der Waals surface area contributed by atoms with E-state index >= 15 is 0 Å². The minimum absolute atomic E-state index is 0.307. The molecule has 1 aliphatic rings. The first kappa shape index (κ1) is 14.6. The molecular weight excluding hydrogens is 278 g/mol. The van der Waals surface area contributed by atoms with Gasteiger partial charge in [0.25, 0.3) is 0 Å². The minimum atomic E-state index is 0.307. The van der Waals surface area contributed by atoms with E-state index in [1.807, 2.05) is 12.1 Å². The summed E-state index contributed by atoms with van der Waals surface area (Å²) in [4.78, 5) is 0. The maximum Gasteiger partial charge on any atom is 0.0453 e. The van der Waals surface area contributed by atoms with E-state index in [2.05, 4.69) is 55.6 Å². The van der Waals surface area contributed by atoms with Gasteiger partial charge in [-0.05, 0) is 55.4 Å². The van der Waals surface area contributed by atoms with Gasteiger partial charge in [-0.2, -0.15) is 0 Å². The van der Waals surface area contributed by atoms with Crippen molar-refractivity contribution in [3.63, 3.8) is 0 Å². The average Bonchev–Trinajstić information content (AvgIpc) is 2.44. The van der Waals surface area contributed by atoms with Gasteiger partial charge in [0.2, 0.25) is 0 Å². The fourth-order valence-electron chi connectivity index (χ4n) is 3.32. The molecule has 21 heavy (non-hydrogen) atoms. The molecule has 3 rings (SSSR count). The van der Waals surface area contributed by atoms with Crippen molar-refractivity contribution in [2.45, 2.75) is 44.7 Å². The first-order chi connectivity index (χ1) is 10.1. The van der Waals surface area contributed by atoms with Crippen LogP contribution in [0.2, 0.25) is 5.02 Å². The fraction of sp³-hybridized carbons (Fsp3) is 0.368. The molecule has 2 aromatic rings. The number of halogens is 1. The molecule has 0 spiro atoms. The van der Waals surface area contributed by atoms with Crippen LogP contribution in [0.1, 0.15) is 48.4 Å². The minimum Gasteiger partial charge on any atom is -0.307 e. The van der Waals surface area contributed by atoms with Crippen molar-refractivity contribution in [1.82, 2.24) is 5.32 Å².